The number of hydrogen-bond acceptors (Lipinski definition) is 5. The van der Waals surface area contributed by atoms with Gasteiger partial charge in [-0.15, -0.1) is 0 Å². The maximum atomic E-state index is 5.89. The lowest BCUT2D eigenvalue weighted by molar-refractivity contribution is 0.326. The molecule has 1 saturated heterocycles. The van der Waals surface area contributed by atoms with Crippen LogP contribution in [0.5, 0.6) is 0 Å². The number of hydrogen-bond donors (Lipinski definition) is 2. The predicted molar refractivity (Wildman–Crippen MR) is 72.4 cm³/mol. The number of rotatable bonds is 4. The molecule has 2 aliphatic rings. The zero-order valence-electron chi connectivity index (χ0n) is 10.9. The highest BCUT2D eigenvalue weighted by Gasteiger charge is 2.34. The van der Waals surface area contributed by atoms with Crippen molar-refractivity contribution in [3.8, 4) is 0 Å². The lowest BCUT2D eigenvalue weighted by Crippen LogP contribution is -2.28. The molecular formula is C13H21N5. The zero-order valence-corrected chi connectivity index (χ0v) is 10.9. The molecule has 3 N–H and O–H groups in total. The molecule has 1 aliphatic carbocycles. The molecule has 0 radical (unpaired) electrons. The molecule has 3 rings (SSSR count). The van der Waals surface area contributed by atoms with Crippen LogP contribution in [0.3, 0.4) is 0 Å². The van der Waals surface area contributed by atoms with Crippen molar-refractivity contribution in [3.05, 3.63) is 11.9 Å². The van der Waals surface area contributed by atoms with Crippen molar-refractivity contribution >= 4 is 11.6 Å². The van der Waals surface area contributed by atoms with Crippen LogP contribution in [0.15, 0.2) is 6.33 Å². The third-order valence-corrected chi connectivity index (χ3v) is 3.96. The summed E-state index contributed by atoms with van der Waals surface area (Å²) >= 11 is 0. The highest BCUT2D eigenvalue weighted by atomic mass is 15.2. The molecule has 0 bridgehead atoms. The minimum atomic E-state index is 0.505. The van der Waals surface area contributed by atoms with Gasteiger partial charge in [0.1, 0.15) is 18.0 Å². The fourth-order valence-electron chi connectivity index (χ4n) is 2.77. The van der Waals surface area contributed by atoms with Gasteiger partial charge >= 0.3 is 0 Å². The van der Waals surface area contributed by atoms with Crippen LogP contribution in [0, 0.1) is 0 Å². The summed E-state index contributed by atoms with van der Waals surface area (Å²) in [6, 6.07) is 1.36. The van der Waals surface area contributed by atoms with Gasteiger partial charge in [0.25, 0.3) is 0 Å². The largest absolute Gasteiger partial charge is 0.383 e. The molecule has 18 heavy (non-hydrogen) atoms. The Kier molecular flexibility index (Phi) is 3.07. The Bertz CT molecular complexity index is 429. The number of anilines is 2. The van der Waals surface area contributed by atoms with Gasteiger partial charge in [0.2, 0.25) is 0 Å². The zero-order chi connectivity index (χ0) is 12.5. The van der Waals surface area contributed by atoms with Crippen LogP contribution in [-0.4, -0.2) is 40.0 Å². The Morgan fingerprint density at radius 1 is 1.39 bits per heavy atom. The summed E-state index contributed by atoms with van der Waals surface area (Å²) in [5.41, 5.74) is 6.93. The third kappa shape index (κ3) is 2.27. The minimum absolute atomic E-state index is 0.505. The van der Waals surface area contributed by atoms with Gasteiger partial charge in [-0.25, -0.2) is 9.97 Å². The maximum absolute atomic E-state index is 5.89. The molecular weight excluding hydrogens is 226 g/mol. The van der Waals surface area contributed by atoms with E-state index in [1.54, 1.807) is 6.33 Å². The first-order chi connectivity index (χ1) is 8.78. The minimum Gasteiger partial charge on any atom is -0.383 e. The molecule has 1 aromatic heterocycles. The highest BCUT2D eigenvalue weighted by Crippen LogP contribution is 2.31. The number of aromatic nitrogens is 2. The summed E-state index contributed by atoms with van der Waals surface area (Å²) in [6.07, 6.45) is 6.38. The average Bonchev–Trinajstić information content (AvgIpc) is 3.11. The van der Waals surface area contributed by atoms with Gasteiger partial charge in [0, 0.05) is 30.7 Å². The first-order valence-electron chi connectivity index (χ1n) is 6.88. The smallest absolute Gasteiger partial charge is 0.134 e. The topological polar surface area (TPSA) is 67.1 Å². The SMILES string of the molecule is CCc1c(N)ncnc1NC1CCN(C2CC2)C1. The van der Waals surface area contributed by atoms with Gasteiger partial charge in [0.05, 0.1) is 0 Å². The summed E-state index contributed by atoms with van der Waals surface area (Å²) < 4.78 is 0. The molecule has 0 spiro atoms. The van der Waals surface area contributed by atoms with Crippen molar-refractivity contribution in [2.75, 3.05) is 24.1 Å². The molecule has 0 amide bonds. The Labute approximate surface area is 108 Å². The quantitative estimate of drug-likeness (QED) is 0.838. The molecule has 1 aromatic rings. The Hall–Kier alpha value is -1.36. The van der Waals surface area contributed by atoms with E-state index < -0.39 is 0 Å². The van der Waals surface area contributed by atoms with Gasteiger partial charge < -0.3 is 11.1 Å². The molecule has 1 atom stereocenters. The van der Waals surface area contributed by atoms with E-state index in [1.807, 2.05) is 0 Å². The van der Waals surface area contributed by atoms with Crippen LogP contribution in [0.2, 0.25) is 0 Å². The second-order valence-electron chi connectivity index (χ2n) is 5.30. The van der Waals surface area contributed by atoms with E-state index in [0.29, 0.717) is 11.9 Å². The molecule has 1 saturated carbocycles. The lowest BCUT2D eigenvalue weighted by Gasteiger charge is -2.18. The monoisotopic (exact) mass is 247 g/mol. The van der Waals surface area contributed by atoms with E-state index in [2.05, 4.69) is 27.1 Å². The third-order valence-electron chi connectivity index (χ3n) is 3.96. The van der Waals surface area contributed by atoms with E-state index in [4.69, 9.17) is 5.73 Å². The molecule has 2 fully saturated rings. The van der Waals surface area contributed by atoms with Crippen LogP contribution in [-0.2, 0) is 6.42 Å². The second-order valence-corrected chi connectivity index (χ2v) is 5.30. The second kappa shape index (κ2) is 4.72. The Morgan fingerprint density at radius 2 is 2.22 bits per heavy atom. The van der Waals surface area contributed by atoms with Crippen LogP contribution >= 0.6 is 0 Å². The van der Waals surface area contributed by atoms with Crippen molar-refractivity contribution < 1.29 is 0 Å². The molecule has 5 heteroatoms. The average molecular weight is 247 g/mol. The van der Waals surface area contributed by atoms with Gasteiger partial charge in [-0.2, -0.15) is 0 Å². The summed E-state index contributed by atoms with van der Waals surface area (Å²) in [6.45, 7) is 4.44. The van der Waals surface area contributed by atoms with Gasteiger partial charge in [-0.3, -0.25) is 4.90 Å². The molecule has 98 valence electrons. The number of nitrogen functional groups attached to an aromatic ring is 1. The van der Waals surface area contributed by atoms with Gasteiger partial charge in [-0.1, -0.05) is 6.92 Å². The summed E-state index contributed by atoms with van der Waals surface area (Å²) in [4.78, 5) is 11.0. The van der Waals surface area contributed by atoms with E-state index in [0.717, 1.165) is 30.4 Å². The van der Waals surface area contributed by atoms with Crippen molar-refractivity contribution in [1.29, 1.82) is 0 Å². The Balaban J connectivity index is 1.67. The van der Waals surface area contributed by atoms with Crippen molar-refractivity contribution in [1.82, 2.24) is 14.9 Å². The standard InChI is InChI=1S/C13H21N5/c1-2-11-12(14)15-8-16-13(11)17-9-5-6-18(7-9)10-3-4-10/h8-10H,2-7H2,1H3,(H3,14,15,16,17). The lowest BCUT2D eigenvalue weighted by atomic mass is 10.2. The molecule has 1 aliphatic heterocycles. The molecule has 0 aromatic carbocycles. The first kappa shape index (κ1) is 11.7. The summed E-state index contributed by atoms with van der Waals surface area (Å²) in [7, 11) is 0. The van der Waals surface area contributed by atoms with Crippen molar-refractivity contribution in [3.63, 3.8) is 0 Å². The van der Waals surface area contributed by atoms with Gasteiger partial charge in [0.15, 0.2) is 0 Å². The van der Waals surface area contributed by atoms with Crippen LogP contribution in [0.25, 0.3) is 0 Å². The Morgan fingerprint density at radius 3 is 2.94 bits per heavy atom. The molecule has 2 heterocycles. The number of nitrogens with one attached hydrogen (secondary N) is 1. The normalized spacial score (nSPS) is 24.4. The first-order valence-corrected chi connectivity index (χ1v) is 6.88. The molecule has 5 nitrogen and oxygen atoms in total. The van der Waals surface area contributed by atoms with Crippen LogP contribution in [0.1, 0.15) is 31.7 Å². The summed E-state index contributed by atoms with van der Waals surface area (Å²) in [5, 5.41) is 3.54. The van der Waals surface area contributed by atoms with E-state index >= 15 is 0 Å². The number of nitrogens with zero attached hydrogens (tertiary/aromatic N) is 3. The molecule has 1 unspecified atom stereocenters. The van der Waals surface area contributed by atoms with E-state index in [-0.39, 0.29) is 0 Å². The maximum Gasteiger partial charge on any atom is 0.134 e. The van der Waals surface area contributed by atoms with Crippen LogP contribution < -0.4 is 11.1 Å². The number of likely N-dealkylation sites (tertiary alicyclic amines) is 1. The highest BCUT2D eigenvalue weighted by molar-refractivity contribution is 5.55. The van der Waals surface area contributed by atoms with Crippen LogP contribution in [0.4, 0.5) is 11.6 Å². The van der Waals surface area contributed by atoms with Gasteiger partial charge in [-0.05, 0) is 25.7 Å². The van der Waals surface area contributed by atoms with Crippen molar-refractivity contribution in [2.24, 2.45) is 0 Å². The fraction of sp³-hybridized carbons (Fsp3) is 0.692. The number of nitrogens with two attached hydrogens (primary N) is 1. The van der Waals surface area contributed by atoms with Crippen molar-refractivity contribution in [2.45, 2.75) is 44.7 Å². The predicted octanol–water partition coefficient (Wildman–Crippen LogP) is 1.27. The van der Waals surface area contributed by atoms with E-state index in [1.165, 1.54) is 25.8 Å². The fourth-order valence-corrected chi connectivity index (χ4v) is 2.77. The van der Waals surface area contributed by atoms with E-state index in [9.17, 15) is 0 Å². The summed E-state index contributed by atoms with van der Waals surface area (Å²) in [5.74, 6) is 1.53.